The average Bonchev–Trinajstić information content (AvgIpc) is 2.68. The smallest absolute Gasteiger partial charge is 0.308 e. The zero-order valence-corrected chi connectivity index (χ0v) is 11.6. The van der Waals surface area contributed by atoms with Gasteiger partial charge < -0.3 is 10.4 Å². The second-order valence-corrected chi connectivity index (χ2v) is 6.03. The summed E-state index contributed by atoms with van der Waals surface area (Å²) < 4.78 is 0. The molecule has 1 amide bonds. The van der Waals surface area contributed by atoms with E-state index in [0.29, 0.717) is 6.42 Å². The van der Waals surface area contributed by atoms with E-state index in [0.717, 1.165) is 44.9 Å². The Balaban J connectivity index is 1.90. The Bertz CT molecular complexity index is 321. The molecule has 4 nitrogen and oxygen atoms in total. The Labute approximate surface area is 115 Å². The van der Waals surface area contributed by atoms with Gasteiger partial charge in [-0.1, -0.05) is 38.5 Å². The van der Waals surface area contributed by atoms with Crippen LogP contribution in [0, 0.1) is 11.8 Å². The molecule has 2 saturated carbocycles. The van der Waals surface area contributed by atoms with Gasteiger partial charge >= 0.3 is 5.97 Å². The molecule has 0 aromatic carbocycles. The number of hydrogen-bond donors (Lipinski definition) is 2. The number of aliphatic carboxylic acids is 1. The van der Waals surface area contributed by atoms with Gasteiger partial charge in [-0.05, 0) is 25.7 Å². The molecule has 2 fully saturated rings. The van der Waals surface area contributed by atoms with Crippen molar-refractivity contribution in [1.82, 2.24) is 5.32 Å². The van der Waals surface area contributed by atoms with Crippen molar-refractivity contribution in [2.24, 2.45) is 11.8 Å². The van der Waals surface area contributed by atoms with Crippen LogP contribution in [0.5, 0.6) is 0 Å². The van der Waals surface area contributed by atoms with E-state index in [-0.39, 0.29) is 23.8 Å². The minimum atomic E-state index is -0.758. The molecule has 2 N–H and O–H groups in total. The minimum absolute atomic E-state index is 0.0973. The summed E-state index contributed by atoms with van der Waals surface area (Å²) in [5.41, 5.74) is 0. The number of carbonyl (C=O) groups is 2. The molecular formula is C15H25NO3. The molecule has 0 bridgehead atoms. The van der Waals surface area contributed by atoms with Crippen LogP contribution in [-0.2, 0) is 9.59 Å². The van der Waals surface area contributed by atoms with Crippen molar-refractivity contribution in [3.05, 3.63) is 0 Å². The Hall–Kier alpha value is -1.06. The molecule has 0 aromatic rings. The number of carboxylic acid groups (broad SMARTS) is 1. The van der Waals surface area contributed by atoms with E-state index in [9.17, 15) is 14.7 Å². The van der Waals surface area contributed by atoms with E-state index in [2.05, 4.69) is 5.32 Å². The first kappa shape index (κ1) is 14.4. The van der Waals surface area contributed by atoms with E-state index in [4.69, 9.17) is 0 Å². The van der Waals surface area contributed by atoms with E-state index in [1.807, 2.05) is 0 Å². The molecule has 2 aliphatic rings. The van der Waals surface area contributed by atoms with Crippen LogP contribution >= 0.6 is 0 Å². The van der Waals surface area contributed by atoms with Gasteiger partial charge in [-0.2, -0.15) is 0 Å². The highest BCUT2D eigenvalue weighted by Crippen LogP contribution is 2.27. The zero-order chi connectivity index (χ0) is 13.7. The molecule has 0 radical (unpaired) electrons. The molecule has 0 spiro atoms. The molecule has 2 rings (SSSR count). The number of carbonyl (C=O) groups excluding carboxylic acids is 1. The summed E-state index contributed by atoms with van der Waals surface area (Å²) in [5.74, 6) is -0.937. The van der Waals surface area contributed by atoms with Gasteiger partial charge in [0.2, 0.25) is 5.91 Å². The summed E-state index contributed by atoms with van der Waals surface area (Å²) in [6, 6.07) is -0.151. The maximum Gasteiger partial charge on any atom is 0.308 e. The predicted octanol–water partition coefficient (Wildman–Crippen LogP) is 2.72. The maximum absolute atomic E-state index is 12.3. The fourth-order valence-electron chi connectivity index (χ4n) is 3.44. The van der Waals surface area contributed by atoms with Crippen LogP contribution in [0.1, 0.15) is 64.2 Å². The number of rotatable bonds is 3. The first-order chi connectivity index (χ1) is 9.18. The molecule has 2 atom stereocenters. The average molecular weight is 267 g/mol. The first-order valence-corrected chi connectivity index (χ1v) is 7.71. The Morgan fingerprint density at radius 2 is 1.42 bits per heavy atom. The second-order valence-electron chi connectivity index (χ2n) is 6.03. The van der Waals surface area contributed by atoms with Crippen molar-refractivity contribution in [2.45, 2.75) is 70.3 Å². The zero-order valence-electron chi connectivity index (χ0n) is 11.6. The summed E-state index contributed by atoms with van der Waals surface area (Å²) in [7, 11) is 0. The third-order valence-corrected chi connectivity index (χ3v) is 4.64. The largest absolute Gasteiger partial charge is 0.481 e. The van der Waals surface area contributed by atoms with Gasteiger partial charge in [0.1, 0.15) is 0 Å². The minimum Gasteiger partial charge on any atom is -0.481 e. The third kappa shape index (κ3) is 3.95. The van der Waals surface area contributed by atoms with Crippen molar-refractivity contribution >= 4 is 11.9 Å². The second kappa shape index (κ2) is 6.92. The van der Waals surface area contributed by atoms with Crippen LogP contribution < -0.4 is 5.32 Å². The molecule has 0 heterocycles. The SMILES string of the molecule is O=C(NC1CCCCC1C(=O)O)C1CCCCCC1. The van der Waals surface area contributed by atoms with Gasteiger partial charge in [0, 0.05) is 12.0 Å². The normalized spacial score (nSPS) is 29.5. The Morgan fingerprint density at radius 1 is 0.842 bits per heavy atom. The molecule has 2 aliphatic carbocycles. The molecule has 4 heteroatoms. The molecule has 0 aliphatic heterocycles. The highest BCUT2D eigenvalue weighted by Gasteiger charge is 2.33. The van der Waals surface area contributed by atoms with E-state index in [1.165, 1.54) is 12.8 Å². The number of carboxylic acids is 1. The van der Waals surface area contributed by atoms with Crippen LogP contribution in [0.2, 0.25) is 0 Å². The molecule has 2 unspecified atom stereocenters. The van der Waals surface area contributed by atoms with Gasteiger partial charge in [-0.15, -0.1) is 0 Å². The Kier molecular flexibility index (Phi) is 5.23. The van der Waals surface area contributed by atoms with Gasteiger partial charge in [-0.25, -0.2) is 0 Å². The van der Waals surface area contributed by atoms with Gasteiger partial charge in [0.05, 0.1) is 5.92 Å². The van der Waals surface area contributed by atoms with Gasteiger partial charge in [-0.3, -0.25) is 9.59 Å². The van der Waals surface area contributed by atoms with Crippen molar-refractivity contribution < 1.29 is 14.7 Å². The number of amides is 1. The highest BCUT2D eigenvalue weighted by molar-refractivity contribution is 5.80. The third-order valence-electron chi connectivity index (χ3n) is 4.64. The molecule has 19 heavy (non-hydrogen) atoms. The number of hydrogen-bond acceptors (Lipinski definition) is 2. The highest BCUT2D eigenvalue weighted by atomic mass is 16.4. The Morgan fingerprint density at radius 3 is 2.05 bits per heavy atom. The van der Waals surface area contributed by atoms with Crippen molar-refractivity contribution in [1.29, 1.82) is 0 Å². The number of nitrogens with one attached hydrogen (secondary N) is 1. The lowest BCUT2D eigenvalue weighted by Crippen LogP contribution is -2.47. The summed E-state index contributed by atoms with van der Waals surface area (Å²) in [6.07, 6.45) is 10.2. The molecule has 0 aromatic heterocycles. The van der Waals surface area contributed by atoms with Crippen LogP contribution in [0.3, 0.4) is 0 Å². The van der Waals surface area contributed by atoms with E-state index in [1.54, 1.807) is 0 Å². The summed E-state index contributed by atoms with van der Waals surface area (Å²) >= 11 is 0. The quantitative estimate of drug-likeness (QED) is 0.773. The van der Waals surface area contributed by atoms with E-state index >= 15 is 0 Å². The summed E-state index contributed by atoms with van der Waals surface area (Å²) in [5, 5.41) is 12.3. The van der Waals surface area contributed by atoms with E-state index < -0.39 is 5.97 Å². The standard InChI is InChI=1S/C15H25NO3/c17-14(11-7-3-1-2-4-8-11)16-13-10-6-5-9-12(13)15(18)19/h11-13H,1-10H2,(H,16,17)(H,18,19). The van der Waals surface area contributed by atoms with Gasteiger partial charge in [0.15, 0.2) is 0 Å². The molecule has 108 valence electrons. The summed E-state index contributed by atoms with van der Waals surface area (Å²) in [4.78, 5) is 23.5. The lowest BCUT2D eigenvalue weighted by atomic mass is 9.84. The summed E-state index contributed by atoms with van der Waals surface area (Å²) in [6.45, 7) is 0. The molecule has 0 saturated heterocycles. The lowest BCUT2D eigenvalue weighted by Gasteiger charge is -2.30. The topological polar surface area (TPSA) is 66.4 Å². The maximum atomic E-state index is 12.3. The van der Waals surface area contributed by atoms with Crippen LogP contribution in [0.15, 0.2) is 0 Å². The van der Waals surface area contributed by atoms with Crippen LogP contribution in [0.25, 0.3) is 0 Å². The fraction of sp³-hybridized carbons (Fsp3) is 0.867. The first-order valence-electron chi connectivity index (χ1n) is 7.71. The fourth-order valence-corrected chi connectivity index (χ4v) is 3.44. The molecular weight excluding hydrogens is 242 g/mol. The van der Waals surface area contributed by atoms with Crippen LogP contribution in [-0.4, -0.2) is 23.0 Å². The monoisotopic (exact) mass is 267 g/mol. The van der Waals surface area contributed by atoms with Crippen molar-refractivity contribution in [2.75, 3.05) is 0 Å². The van der Waals surface area contributed by atoms with Crippen molar-refractivity contribution in [3.63, 3.8) is 0 Å². The van der Waals surface area contributed by atoms with Crippen molar-refractivity contribution in [3.8, 4) is 0 Å². The van der Waals surface area contributed by atoms with Gasteiger partial charge in [0.25, 0.3) is 0 Å². The lowest BCUT2D eigenvalue weighted by molar-refractivity contribution is -0.144. The predicted molar refractivity (Wildman–Crippen MR) is 72.7 cm³/mol. The van der Waals surface area contributed by atoms with Crippen LogP contribution in [0.4, 0.5) is 0 Å².